The molecule has 0 aliphatic heterocycles. The minimum atomic E-state index is -3.45. The van der Waals surface area contributed by atoms with Crippen LogP contribution in [-0.4, -0.2) is 36.2 Å². The van der Waals surface area contributed by atoms with Crippen molar-refractivity contribution in [3.63, 3.8) is 0 Å². The number of aryl methyl sites for hydroxylation is 1. The maximum atomic E-state index is 11.3. The zero-order valence-electron chi connectivity index (χ0n) is 12.5. The molecule has 0 amide bonds. The molecular weight excluding hydrogens is 316 g/mol. The summed E-state index contributed by atoms with van der Waals surface area (Å²) < 4.78 is 28.9. The summed E-state index contributed by atoms with van der Waals surface area (Å²) in [4.78, 5) is 12.9. The SMILES string of the molecule is COS(=O)(=O)CC[n+]1ccc(-c2ccc3nccnc3n2)cc1. The van der Waals surface area contributed by atoms with Gasteiger partial charge in [0.15, 0.2) is 24.6 Å². The summed E-state index contributed by atoms with van der Waals surface area (Å²) in [6.07, 6.45) is 6.85. The lowest BCUT2D eigenvalue weighted by molar-refractivity contribution is -0.692. The monoisotopic (exact) mass is 331 g/mol. The third kappa shape index (κ3) is 3.66. The van der Waals surface area contributed by atoms with Crippen LogP contribution in [0, 0.1) is 0 Å². The lowest BCUT2D eigenvalue weighted by Crippen LogP contribution is -2.36. The smallest absolute Gasteiger partial charge is 0.273 e. The van der Waals surface area contributed by atoms with E-state index in [2.05, 4.69) is 19.1 Å². The molecule has 0 saturated heterocycles. The van der Waals surface area contributed by atoms with E-state index in [0.29, 0.717) is 12.2 Å². The van der Waals surface area contributed by atoms with E-state index in [1.165, 1.54) is 0 Å². The molecule has 3 rings (SSSR count). The molecule has 3 aromatic rings. The largest absolute Gasteiger partial charge is 0.273 e. The van der Waals surface area contributed by atoms with Gasteiger partial charge in [-0.15, -0.1) is 0 Å². The van der Waals surface area contributed by atoms with Crippen LogP contribution in [0.25, 0.3) is 22.4 Å². The van der Waals surface area contributed by atoms with Gasteiger partial charge in [-0.05, 0) is 12.1 Å². The first-order valence-electron chi connectivity index (χ1n) is 6.93. The minimum absolute atomic E-state index is 0.0721. The van der Waals surface area contributed by atoms with Crippen molar-refractivity contribution in [3.05, 3.63) is 49.1 Å². The average molecular weight is 331 g/mol. The van der Waals surface area contributed by atoms with Crippen molar-refractivity contribution in [1.82, 2.24) is 15.0 Å². The van der Waals surface area contributed by atoms with Crippen LogP contribution in [0.2, 0.25) is 0 Å². The van der Waals surface area contributed by atoms with Gasteiger partial charge < -0.3 is 0 Å². The van der Waals surface area contributed by atoms with Crippen molar-refractivity contribution in [1.29, 1.82) is 0 Å². The number of pyridine rings is 2. The van der Waals surface area contributed by atoms with Gasteiger partial charge in [0.05, 0.1) is 12.8 Å². The molecule has 0 aromatic carbocycles. The Balaban J connectivity index is 1.80. The molecule has 0 unspecified atom stereocenters. The summed E-state index contributed by atoms with van der Waals surface area (Å²) in [6, 6.07) is 7.51. The Labute approximate surface area is 133 Å². The molecule has 8 heteroatoms. The Kier molecular flexibility index (Phi) is 4.26. The Morgan fingerprint density at radius 3 is 2.57 bits per heavy atom. The number of rotatable bonds is 5. The molecule has 0 aliphatic carbocycles. The Bertz CT molecular complexity index is 927. The fraction of sp³-hybridized carbons (Fsp3) is 0.200. The summed E-state index contributed by atoms with van der Waals surface area (Å²) in [5.41, 5.74) is 3.04. The molecule has 0 aliphatic rings. The third-order valence-corrected chi connectivity index (χ3v) is 4.56. The van der Waals surface area contributed by atoms with Gasteiger partial charge >= 0.3 is 0 Å². The number of nitrogens with zero attached hydrogens (tertiary/aromatic N) is 4. The summed E-state index contributed by atoms with van der Waals surface area (Å²) in [7, 11) is -2.29. The highest BCUT2D eigenvalue weighted by Crippen LogP contribution is 2.17. The van der Waals surface area contributed by atoms with E-state index in [-0.39, 0.29) is 5.75 Å². The van der Waals surface area contributed by atoms with Crippen LogP contribution in [0.4, 0.5) is 0 Å². The third-order valence-electron chi connectivity index (χ3n) is 3.37. The highest BCUT2D eigenvalue weighted by molar-refractivity contribution is 7.86. The molecule has 3 aromatic heterocycles. The van der Waals surface area contributed by atoms with Crippen LogP contribution in [0.3, 0.4) is 0 Å². The van der Waals surface area contributed by atoms with E-state index in [4.69, 9.17) is 0 Å². The Morgan fingerprint density at radius 1 is 1.09 bits per heavy atom. The molecule has 0 N–H and O–H groups in total. The van der Waals surface area contributed by atoms with Crippen molar-refractivity contribution in [2.75, 3.05) is 12.9 Å². The predicted octanol–water partition coefficient (Wildman–Crippen LogP) is 0.955. The van der Waals surface area contributed by atoms with Crippen LogP contribution in [0.5, 0.6) is 0 Å². The quantitative estimate of drug-likeness (QED) is 0.511. The second kappa shape index (κ2) is 6.35. The first kappa shape index (κ1) is 15.4. The summed E-state index contributed by atoms with van der Waals surface area (Å²) in [5, 5.41) is 0. The highest BCUT2D eigenvalue weighted by atomic mass is 32.2. The van der Waals surface area contributed by atoms with E-state index < -0.39 is 10.1 Å². The number of fused-ring (bicyclic) bond motifs is 1. The van der Waals surface area contributed by atoms with Gasteiger partial charge in [0.25, 0.3) is 10.1 Å². The van der Waals surface area contributed by atoms with Crippen LogP contribution >= 0.6 is 0 Å². The molecular formula is C15H15N4O3S+. The van der Waals surface area contributed by atoms with Gasteiger partial charge in [-0.1, -0.05) is 0 Å². The number of aromatic nitrogens is 4. The van der Waals surface area contributed by atoms with E-state index in [1.807, 2.05) is 36.7 Å². The van der Waals surface area contributed by atoms with Gasteiger partial charge in [-0.3, -0.25) is 9.17 Å². The molecule has 0 bridgehead atoms. The Morgan fingerprint density at radius 2 is 1.83 bits per heavy atom. The van der Waals surface area contributed by atoms with Crippen LogP contribution < -0.4 is 4.57 Å². The zero-order chi connectivity index (χ0) is 16.3. The topological polar surface area (TPSA) is 85.9 Å². The first-order chi connectivity index (χ1) is 11.1. The second-order valence-corrected chi connectivity index (χ2v) is 6.71. The van der Waals surface area contributed by atoms with Crippen molar-refractivity contribution in [3.8, 4) is 11.3 Å². The molecule has 0 spiro atoms. The fourth-order valence-corrected chi connectivity index (χ4v) is 2.69. The molecule has 0 saturated carbocycles. The molecule has 0 atom stereocenters. The van der Waals surface area contributed by atoms with Crippen molar-refractivity contribution >= 4 is 21.3 Å². The van der Waals surface area contributed by atoms with Gasteiger partial charge in [0.1, 0.15) is 11.3 Å². The van der Waals surface area contributed by atoms with Crippen LogP contribution in [-0.2, 0) is 20.8 Å². The van der Waals surface area contributed by atoms with E-state index in [1.54, 1.807) is 17.0 Å². The molecule has 118 valence electrons. The molecule has 0 fully saturated rings. The minimum Gasteiger partial charge on any atom is -0.273 e. The maximum absolute atomic E-state index is 11.3. The second-order valence-electron chi connectivity index (χ2n) is 4.85. The standard InChI is InChI=1S/C15H15N4O3S/c1-22-23(20,21)11-10-19-8-4-12(5-9-19)13-2-3-14-15(18-13)17-7-6-16-14/h2-9H,10-11H2,1H3/q+1. The summed E-state index contributed by atoms with van der Waals surface area (Å²) >= 11 is 0. The van der Waals surface area contributed by atoms with Gasteiger partial charge in [-0.2, -0.15) is 8.42 Å². The van der Waals surface area contributed by atoms with Gasteiger partial charge in [0.2, 0.25) is 0 Å². The molecule has 7 nitrogen and oxygen atoms in total. The van der Waals surface area contributed by atoms with Crippen LogP contribution in [0.15, 0.2) is 49.1 Å². The Hall–Kier alpha value is -2.45. The molecule has 3 heterocycles. The average Bonchev–Trinajstić information content (AvgIpc) is 2.60. The molecule has 23 heavy (non-hydrogen) atoms. The summed E-state index contributed by atoms with van der Waals surface area (Å²) in [6.45, 7) is 0.326. The van der Waals surface area contributed by atoms with E-state index in [9.17, 15) is 8.42 Å². The fourth-order valence-electron chi connectivity index (χ4n) is 2.09. The van der Waals surface area contributed by atoms with Gasteiger partial charge in [0, 0.05) is 30.1 Å². The normalized spacial score (nSPS) is 11.7. The van der Waals surface area contributed by atoms with Crippen molar-refractivity contribution in [2.45, 2.75) is 6.54 Å². The maximum Gasteiger partial charge on any atom is 0.273 e. The summed E-state index contributed by atoms with van der Waals surface area (Å²) in [5.74, 6) is -0.0721. The van der Waals surface area contributed by atoms with Crippen LogP contribution in [0.1, 0.15) is 0 Å². The van der Waals surface area contributed by atoms with Crippen molar-refractivity contribution in [2.24, 2.45) is 0 Å². The van der Waals surface area contributed by atoms with Crippen molar-refractivity contribution < 1.29 is 17.2 Å². The van der Waals surface area contributed by atoms with E-state index in [0.717, 1.165) is 23.9 Å². The molecule has 0 radical (unpaired) electrons. The number of hydrogen-bond donors (Lipinski definition) is 0. The zero-order valence-corrected chi connectivity index (χ0v) is 13.3. The highest BCUT2D eigenvalue weighted by Gasteiger charge is 2.13. The number of hydrogen-bond acceptors (Lipinski definition) is 6. The first-order valence-corrected chi connectivity index (χ1v) is 8.51. The lowest BCUT2D eigenvalue weighted by Gasteiger charge is -2.02. The lowest BCUT2D eigenvalue weighted by atomic mass is 10.2. The van der Waals surface area contributed by atoms with E-state index >= 15 is 0 Å². The van der Waals surface area contributed by atoms with Gasteiger partial charge in [-0.25, -0.2) is 14.5 Å². The predicted molar refractivity (Wildman–Crippen MR) is 83.8 cm³/mol.